The molecular formula is C14H12ClNO. The Kier molecular flexibility index (Phi) is 2.54. The van der Waals surface area contributed by atoms with Crippen molar-refractivity contribution in [1.29, 1.82) is 0 Å². The van der Waals surface area contributed by atoms with Gasteiger partial charge in [-0.05, 0) is 41.0 Å². The molecule has 1 aliphatic rings. The summed E-state index contributed by atoms with van der Waals surface area (Å²) in [5.74, 6) is 0.305. The van der Waals surface area contributed by atoms with Crippen LogP contribution in [0, 0.1) is 0 Å². The van der Waals surface area contributed by atoms with Crippen LogP contribution in [-0.2, 0) is 6.54 Å². The van der Waals surface area contributed by atoms with Crippen LogP contribution in [0.5, 0.6) is 5.75 Å². The monoisotopic (exact) mass is 245 g/mol. The van der Waals surface area contributed by atoms with Gasteiger partial charge >= 0.3 is 0 Å². The molecule has 0 amide bonds. The highest BCUT2D eigenvalue weighted by atomic mass is 35.5. The average Bonchev–Trinajstić information content (AvgIpc) is 2.71. The second kappa shape index (κ2) is 4.06. The Balaban J connectivity index is 2.06. The largest absolute Gasteiger partial charge is 0.508 e. The molecular weight excluding hydrogens is 234 g/mol. The maximum atomic E-state index is 9.56. The number of benzene rings is 2. The SMILES string of the molecule is Oc1ccc2c(c1)C(c1cccc(Cl)c1)NC2. The van der Waals surface area contributed by atoms with Crippen molar-refractivity contribution >= 4 is 11.6 Å². The highest BCUT2D eigenvalue weighted by molar-refractivity contribution is 6.30. The van der Waals surface area contributed by atoms with Crippen molar-refractivity contribution in [1.82, 2.24) is 5.32 Å². The highest BCUT2D eigenvalue weighted by Crippen LogP contribution is 2.33. The minimum atomic E-state index is 0.121. The first-order valence-corrected chi connectivity index (χ1v) is 5.92. The van der Waals surface area contributed by atoms with Crippen molar-refractivity contribution in [3.8, 4) is 5.75 Å². The summed E-state index contributed by atoms with van der Waals surface area (Å²) in [5.41, 5.74) is 3.49. The number of hydrogen-bond donors (Lipinski definition) is 2. The van der Waals surface area contributed by atoms with Gasteiger partial charge in [0, 0.05) is 11.6 Å². The maximum Gasteiger partial charge on any atom is 0.115 e. The van der Waals surface area contributed by atoms with Gasteiger partial charge in [0.25, 0.3) is 0 Å². The molecule has 0 saturated carbocycles. The zero-order chi connectivity index (χ0) is 11.8. The molecule has 2 nitrogen and oxygen atoms in total. The van der Waals surface area contributed by atoms with Gasteiger partial charge < -0.3 is 10.4 Å². The van der Waals surface area contributed by atoms with E-state index in [0.29, 0.717) is 5.75 Å². The maximum absolute atomic E-state index is 9.56. The predicted molar refractivity (Wildman–Crippen MR) is 68.2 cm³/mol. The summed E-state index contributed by atoms with van der Waals surface area (Å²) < 4.78 is 0. The van der Waals surface area contributed by atoms with Gasteiger partial charge in [0.15, 0.2) is 0 Å². The first-order chi connectivity index (χ1) is 8.24. The Morgan fingerprint density at radius 2 is 2.06 bits per heavy atom. The number of phenols is 1. The second-order valence-corrected chi connectivity index (χ2v) is 4.69. The summed E-state index contributed by atoms with van der Waals surface area (Å²) in [7, 11) is 0. The number of hydrogen-bond acceptors (Lipinski definition) is 2. The zero-order valence-corrected chi connectivity index (χ0v) is 9.91. The molecule has 0 spiro atoms. The van der Waals surface area contributed by atoms with Crippen molar-refractivity contribution in [2.75, 3.05) is 0 Å². The summed E-state index contributed by atoms with van der Waals surface area (Å²) in [5, 5.41) is 13.7. The van der Waals surface area contributed by atoms with Gasteiger partial charge in [-0.15, -0.1) is 0 Å². The summed E-state index contributed by atoms with van der Waals surface area (Å²) >= 11 is 6.00. The fourth-order valence-corrected chi connectivity index (χ4v) is 2.52. The summed E-state index contributed by atoms with van der Waals surface area (Å²) in [6.45, 7) is 0.826. The van der Waals surface area contributed by atoms with Gasteiger partial charge in [-0.2, -0.15) is 0 Å². The van der Waals surface area contributed by atoms with Crippen molar-refractivity contribution in [2.45, 2.75) is 12.6 Å². The Labute approximate surface area is 105 Å². The lowest BCUT2D eigenvalue weighted by Gasteiger charge is -2.13. The third-order valence-electron chi connectivity index (χ3n) is 3.12. The summed E-state index contributed by atoms with van der Waals surface area (Å²) in [6, 6.07) is 13.4. The number of rotatable bonds is 1. The van der Waals surface area contributed by atoms with E-state index in [1.165, 1.54) is 5.56 Å². The van der Waals surface area contributed by atoms with E-state index < -0.39 is 0 Å². The molecule has 0 aromatic heterocycles. The molecule has 2 aromatic rings. The fourth-order valence-electron chi connectivity index (χ4n) is 2.32. The molecule has 3 rings (SSSR count). The van der Waals surface area contributed by atoms with E-state index in [0.717, 1.165) is 22.7 Å². The fraction of sp³-hybridized carbons (Fsp3) is 0.143. The van der Waals surface area contributed by atoms with E-state index in [1.54, 1.807) is 6.07 Å². The van der Waals surface area contributed by atoms with E-state index >= 15 is 0 Å². The van der Waals surface area contributed by atoms with Crippen LogP contribution < -0.4 is 5.32 Å². The molecule has 1 atom stereocenters. The van der Waals surface area contributed by atoms with Crippen LogP contribution in [0.2, 0.25) is 5.02 Å². The molecule has 0 aliphatic carbocycles. The molecule has 0 fully saturated rings. The molecule has 0 radical (unpaired) electrons. The zero-order valence-electron chi connectivity index (χ0n) is 9.15. The lowest BCUT2D eigenvalue weighted by molar-refractivity contribution is 0.474. The molecule has 1 heterocycles. The topological polar surface area (TPSA) is 32.3 Å². The van der Waals surface area contributed by atoms with E-state index in [1.807, 2.05) is 36.4 Å². The third kappa shape index (κ3) is 1.90. The minimum Gasteiger partial charge on any atom is -0.508 e. The van der Waals surface area contributed by atoms with Gasteiger partial charge in [-0.1, -0.05) is 29.8 Å². The molecule has 3 heteroatoms. The highest BCUT2D eigenvalue weighted by Gasteiger charge is 2.23. The number of phenolic OH excluding ortho intramolecular Hbond substituents is 1. The predicted octanol–water partition coefficient (Wildman–Crippen LogP) is 3.24. The molecule has 17 heavy (non-hydrogen) atoms. The van der Waals surface area contributed by atoms with E-state index in [-0.39, 0.29) is 6.04 Å². The van der Waals surface area contributed by atoms with Crippen LogP contribution in [0.25, 0.3) is 0 Å². The van der Waals surface area contributed by atoms with Gasteiger partial charge in [0.1, 0.15) is 5.75 Å². The van der Waals surface area contributed by atoms with Crippen LogP contribution in [0.3, 0.4) is 0 Å². The van der Waals surface area contributed by atoms with Crippen molar-refractivity contribution in [3.05, 3.63) is 64.2 Å². The Morgan fingerprint density at radius 3 is 2.88 bits per heavy atom. The van der Waals surface area contributed by atoms with Crippen LogP contribution >= 0.6 is 11.6 Å². The lowest BCUT2D eigenvalue weighted by Crippen LogP contribution is -2.13. The van der Waals surface area contributed by atoms with Gasteiger partial charge in [-0.3, -0.25) is 0 Å². The van der Waals surface area contributed by atoms with Crippen LogP contribution in [-0.4, -0.2) is 5.11 Å². The Bertz CT molecular complexity index is 568. The first-order valence-electron chi connectivity index (χ1n) is 5.55. The molecule has 1 unspecified atom stereocenters. The van der Waals surface area contributed by atoms with Gasteiger partial charge in [0.2, 0.25) is 0 Å². The molecule has 2 aromatic carbocycles. The molecule has 86 valence electrons. The quantitative estimate of drug-likeness (QED) is 0.809. The van der Waals surface area contributed by atoms with E-state index in [2.05, 4.69) is 5.32 Å². The molecule has 2 N–H and O–H groups in total. The number of nitrogens with one attached hydrogen (secondary N) is 1. The average molecular weight is 246 g/mol. The van der Waals surface area contributed by atoms with Crippen LogP contribution in [0.15, 0.2) is 42.5 Å². The van der Waals surface area contributed by atoms with E-state index in [4.69, 9.17) is 11.6 Å². The van der Waals surface area contributed by atoms with Gasteiger partial charge in [0.05, 0.1) is 6.04 Å². The molecule has 0 saturated heterocycles. The summed E-state index contributed by atoms with van der Waals surface area (Å²) in [6.07, 6.45) is 0. The first kappa shape index (κ1) is 10.6. The van der Waals surface area contributed by atoms with Crippen LogP contribution in [0.1, 0.15) is 22.7 Å². The smallest absolute Gasteiger partial charge is 0.115 e. The van der Waals surface area contributed by atoms with Crippen molar-refractivity contribution in [2.24, 2.45) is 0 Å². The molecule has 1 aliphatic heterocycles. The van der Waals surface area contributed by atoms with E-state index in [9.17, 15) is 5.11 Å². The number of halogens is 1. The second-order valence-electron chi connectivity index (χ2n) is 4.25. The molecule has 0 bridgehead atoms. The van der Waals surface area contributed by atoms with Crippen LogP contribution in [0.4, 0.5) is 0 Å². The standard InChI is InChI=1S/C14H12ClNO/c15-11-3-1-2-9(6-11)14-13-7-12(17)5-4-10(13)8-16-14/h1-7,14,16-17H,8H2. The summed E-state index contributed by atoms with van der Waals surface area (Å²) in [4.78, 5) is 0. The Hall–Kier alpha value is -1.51. The number of fused-ring (bicyclic) bond motifs is 1. The Morgan fingerprint density at radius 1 is 1.18 bits per heavy atom. The minimum absolute atomic E-state index is 0.121. The van der Waals surface area contributed by atoms with Crippen molar-refractivity contribution < 1.29 is 5.11 Å². The van der Waals surface area contributed by atoms with Crippen molar-refractivity contribution in [3.63, 3.8) is 0 Å². The van der Waals surface area contributed by atoms with Gasteiger partial charge in [-0.25, -0.2) is 0 Å². The third-order valence-corrected chi connectivity index (χ3v) is 3.35. The lowest BCUT2D eigenvalue weighted by atomic mass is 9.98. The normalized spacial score (nSPS) is 18.1. The number of aromatic hydroxyl groups is 1.